The summed E-state index contributed by atoms with van der Waals surface area (Å²) < 4.78 is 5.39. The van der Waals surface area contributed by atoms with E-state index in [0.717, 1.165) is 68.5 Å². The molecule has 0 aliphatic carbocycles. The Labute approximate surface area is 153 Å². The predicted molar refractivity (Wildman–Crippen MR) is 104 cm³/mol. The summed E-state index contributed by atoms with van der Waals surface area (Å²) in [5.41, 5.74) is 3.36. The third-order valence-corrected chi connectivity index (χ3v) is 4.71. The molecule has 1 aliphatic rings. The minimum atomic E-state index is 0.841. The molecular formula is C20H25N5O. The maximum absolute atomic E-state index is 5.39. The van der Waals surface area contributed by atoms with Gasteiger partial charge in [-0.1, -0.05) is 0 Å². The number of nitrogens with one attached hydrogen (secondary N) is 2. The predicted octanol–water partition coefficient (Wildman–Crippen LogP) is 3.27. The van der Waals surface area contributed by atoms with E-state index in [1.165, 1.54) is 11.1 Å². The van der Waals surface area contributed by atoms with Gasteiger partial charge in [0.05, 0.1) is 13.2 Å². The highest BCUT2D eigenvalue weighted by atomic mass is 16.5. The standard InChI is InChI=1S/C20H25N5O/c1-15-13-16-14-17(4-5-18(16)22-15)23-20-6-7-21-19(24-20)3-2-8-25-9-11-26-12-10-25/h4-7,13-14,22H,2-3,8-12H2,1H3,(H,21,23,24). The summed E-state index contributed by atoms with van der Waals surface area (Å²) in [6.45, 7) is 6.91. The van der Waals surface area contributed by atoms with Crippen LogP contribution in [0, 0.1) is 6.92 Å². The van der Waals surface area contributed by atoms with E-state index in [0.29, 0.717) is 0 Å². The van der Waals surface area contributed by atoms with Crippen molar-refractivity contribution in [2.24, 2.45) is 0 Å². The van der Waals surface area contributed by atoms with Crippen molar-refractivity contribution in [3.63, 3.8) is 0 Å². The van der Waals surface area contributed by atoms with Crippen molar-refractivity contribution in [2.45, 2.75) is 19.8 Å². The molecule has 0 spiro atoms. The molecular weight excluding hydrogens is 326 g/mol. The second-order valence-corrected chi connectivity index (χ2v) is 6.80. The minimum absolute atomic E-state index is 0.841. The molecule has 3 heterocycles. The average molecular weight is 351 g/mol. The largest absolute Gasteiger partial charge is 0.379 e. The fourth-order valence-electron chi connectivity index (χ4n) is 3.38. The second-order valence-electron chi connectivity index (χ2n) is 6.80. The van der Waals surface area contributed by atoms with E-state index >= 15 is 0 Å². The number of aryl methyl sites for hydroxylation is 2. The van der Waals surface area contributed by atoms with Crippen LogP contribution in [-0.2, 0) is 11.2 Å². The van der Waals surface area contributed by atoms with E-state index in [4.69, 9.17) is 4.74 Å². The number of ether oxygens (including phenoxy) is 1. The molecule has 0 saturated carbocycles. The molecule has 26 heavy (non-hydrogen) atoms. The molecule has 0 unspecified atom stereocenters. The first-order valence-corrected chi connectivity index (χ1v) is 9.25. The zero-order valence-electron chi connectivity index (χ0n) is 15.2. The maximum Gasteiger partial charge on any atom is 0.134 e. The monoisotopic (exact) mass is 351 g/mol. The normalized spacial score (nSPS) is 15.4. The van der Waals surface area contributed by atoms with Crippen molar-refractivity contribution in [3.05, 3.63) is 48.0 Å². The summed E-state index contributed by atoms with van der Waals surface area (Å²) in [5.74, 6) is 1.73. The molecule has 0 bridgehead atoms. The van der Waals surface area contributed by atoms with Gasteiger partial charge in [0.25, 0.3) is 0 Å². The van der Waals surface area contributed by atoms with Crippen LogP contribution in [0.3, 0.4) is 0 Å². The van der Waals surface area contributed by atoms with E-state index < -0.39 is 0 Å². The van der Waals surface area contributed by atoms with Gasteiger partial charge in [0.2, 0.25) is 0 Å². The van der Waals surface area contributed by atoms with E-state index in [9.17, 15) is 0 Å². The number of rotatable bonds is 6. The Morgan fingerprint density at radius 1 is 1.19 bits per heavy atom. The highest BCUT2D eigenvalue weighted by Crippen LogP contribution is 2.22. The van der Waals surface area contributed by atoms with Gasteiger partial charge in [0.15, 0.2) is 0 Å². The van der Waals surface area contributed by atoms with E-state index in [2.05, 4.69) is 56.4 Å². The molecule has 4 rings (SSSR count). The molecule has 0 amide bonds. The van der Waals surface area contributed by atoms with Gasteiger partial charge in [-0.05, 0) is 50.2 Å². The van der Waals surface area contributed by atoms with Crippen LogP contribution in [-0.4, -0.2) is 52.7 Å². The number of morpholine rings is 1. The molecule has 6 heteroatoms. The summed E-state index contributed by atoms with van der Waals surface area (Å²) in [6, 6.07) is 10.4. The van der Waals surface area contributed by atoms with Crippen LogP contribution in [0.1, 0.15) is 17.9 Å². The Kier molecular flexibility index (Phi) is 5.13. The number of aromatic nitrogens is 3. The van der Waals surface area contributed by atoms with Crippen molar-refractivity contribution in [3.8, 4) is 0 Å². The zero-order valence-corrected chi connectivity index (χ0v) is 15.2. The fourth-order valence-corrected chi connectivity index (χ4v) is 3.38. The second kappa shape index (κ2) is 7.85. The third kappa shape index (κ3) is 4.20. The molecule has 2 N–H and O–H groups in total. The molecule has 136 valence electrons. The quantitative estimate of drug-likeness (QED) is 0.713. The van der Waals surface area contributed by atoms with Gasteiger partial charge in [0, 0.05) is 48.0 Å². The lowest BCUT2D eigenvalue weighted by atomic mass is 10.2. The number of H-pyrrole nitrogens is 1. The van der Waals surface area contributed by atoms with E-state index in [1.807, 2.05) is 12.3 Å². The summed E-state index contributed by atoms with van der Waals surface area (Å²) in [6.07, 6.45) is 3.79. The number of nitrogens with zero attached hydrogens (tertiary/aromatic N) is 3. The van der Waals surface area contributed by atoms with Crippen LogP contribution >= 0.6 is 0 Å². The third-order valence-electron chi connectivity index (χ3n) is 4.71. The molecule has 3 aromatic rings. The first-order valence-electron chi connectivity index (χ1n) is 9.25. The van der Waals surface area contributed by atoms with E-state index in [-0.39, 0.29) is 0 Å². The number of benzene rings is 1. The summed E-state index contributed by atoms with van der Waals surface area (Å²) in [7, 11) is 0. The van der Waals surface area contributed by atoms with Crippen molar-refractivity contribution in [1.82, 2.24) is 19.9 Å². The van der Waals surface area contributed by atoms with Gasteiger partial charge in [-0.3, -0.25) is 4.90 Å². The molecule has 2 aromatic heterocycles. The van der Waals surface area contributed by atoms with Crippen molar-refractivity contribution in [2.75, 3.05) is 38.2 Å². The zero-order chi connectivity index (χ0) is 17.8. The smallest absolute Gasteiger partial charge is 0.134 e. The van der Waals surface area contributed by atoms with Crippen LogP contribution in [0.25, 0.3) is 10.9 Å². The maximum atomic E-state index is 5.39. The Bertz CT molecular complexity index is 870. The lowest BCUT2D eigenvalue weighted by molar-refractivity contribution is 0.0374. The average Bonchev–Trinajstić information content (AvgIpc) is 3.02. The lowest BCUT2D eigenvalue weighted by Crippen LogP contribution is -2.37. The fraction of sp³-hybridized carbons (Fsp3) is 0.400. The molecule has 1 aliphatic heterocycles. The molecule has 1 aromatic carbocycles. The Hall–Kier alpha value is -2.44. The molecule has 1 fully saturated rings. The van der Waals surface area contributed by atoms with Crippen LogP contribution in [0.4, 0.5) is 11.5 Å². The highest BCUT2D eigenvalue weighted by molar-refractivity contribution is 5.84. The first-order chi connectivity index (χ1) is 12.8. The van der Waals surface area contributed by atoms with Gasteiger partial charge >= 0.3 is 0 Å². The summed E-state index contributed by atoms with van der Waals surface area (Å²) in [5, 5.41) is 4.59. The van der Waals surface area contributed by atoms with E-state index in [1.54, 1.807) is 0 Å². The molecule has 6 nitrogen and oxygen atoms in total. The number of aromatic amines is 1. The first kappa shape index (κ1) is 17.0. The minimum Gasteiger partial charge on any atom is -0.379 e. The summed E-state index contributed by atoms with van der Waals surface area (Å²) in [4.78, 5) is 14.9. The van der Waals surface area contributed by atoms with Gasteiger partial charge in [-0.15, -0.1) is 0 Å². The van der Waals surface area contributed by atoms with Gasteiger partial charge in [0.1, 0.15) is 11.6 Å². The van der Waals surface area contributed by atoms with Gasteiger partial charge in [-0.2, -0.15) is 0 Å². The van der Waals surface area contributed by atoms with Crippen molar-refractivity contribution >= 4 is 22.4 Å². The Morgan fingerprint density at radius 2 is 2.08 bits per heavy atom. The SMILES string of the molecule is Cc1cc2cc(Nc3ccnc(CCCN4CCOCC4)n3)ccc2[nH]1. The molecule has 0 atom stereocenters. The van der Waals surface area contributed by atoms with Crippen molar-refractivity contribution < 1.29 is 4.74 Å². The number of anilines is 2. The van der Waals surface area contributed by atoms with Crippen LogP contribution < -0.4 is 5.32 Å². The van der Waals surface area contributed by atoms with Crippen molar-refractivity contribution in [1.29, 1.82) is 0 Å². The van der Waals surface area contributed by atoms with Crippen LogP contribution in [0.15, 0.2) is 36.5 Å². The number of fused-ring (bicyclic) bond motifs is 1. The summed E-state index contributed by atoms with van der Waals surface area (Å²) >= 11 is 0. The Morgan fingerprint density at radius 3 is 2.96 bits per heavy atom. The Balaban J connectivity index is 1.36. The molecule has 0 radical (unpaired) electrons. The van der Waals surface area contributed by atoms with Gasteiger partial charge in [-0.25, -0.2) is 9.97 Å². The topological polar surface area (TPSA) is 66.1 Å². The highest BCUT2D eigenvalue weighted by Gasteiger charge is 2.10. The lowest BCUT2D eigenvalue weighted by Gasteiger charge is -2.26. The molecule has 1 saturated heterocycles. The van der Waals surface area contributed by atoms with Crippen LogP contribution in [0.5, 0.6) is 0 Å². The van der Waals surface area contributed by atoms with Gasteiger partial charge < -0.3 is 15.0 Å². The number of hydrogen-bond acceptors (Lipinski definition) is 5. The number of hydrogen-bond donors (Lipinski definition) is 2. The van der Waals surface area contributed by atoms with Crippen LogP contribution in [0.2, 0.25) is 0 Å².